The van der Waals surface area contributed by atoms with Crippen molar-refractivity contribution >= 4 is 31.9 Å². The second-order valence-corrected chi connectivity index (χ2v) is 6.91. The highest BCUT2D eigenvalue weighted by Gasteiger charge is 2.15. The molecule has 114 valence electrons. The Morgan fingerprint density at radius 3 is 2.57 bits per heavy atom. The van der Waals surface area contributed by atoms with E-state index >= 15 is 0 Å². The third kappa shape index (κ3) is 4.18. The van der Waals surface area contributed by atoms with Gasteiger partial charge in [-0.2, -0.15) is 5.10 Å². The summed E-state index contributed by atoms with van der Waals surface area (Å²) in [6.07, 6.45) is 4.09. The molecule has 1 heterocycles. The quantitative estimate of drug-likeness (QED) is 0.717. The zero-order valence-electron chi connectivity index (χ0n) is 12.3. The van der Waals surface area contributed by atoms with Gasteiger partial charge in [0.05, 0.1) is 17.8 Å². The predicted molar refractivity (Wildman–Crippen MR) is 92.4 cm³/mol. The molecule has 2 aromatic rings. The van der Waals surface area contributed by atoms with Gasteiger partial charge in [0.15, 0.2) is 0 Å². The van der Waals surface area contributed by atoms with Crippen LogP contribution in [0.25, 0.3) is 0 Å². The second kappa shape index (κ2) is 7.56. The van der Waals surface area contributed by atoms with Gasteiger partial charge >= 0.3 is 0 Å². The highest BCUT2D eigenvalue weighted by molar-refractivity contribution is 9.11. The van der Waals surface area contributed by atoms with E-state index in [1.54, 1.807) is 0 Å². The van der Waals surface area contributed by atoms with Crippen molar-refractivity contribution in [1.82, 2.24) is 9.78 Å². The standard InChI is InChI=1S/C16H20Br2N2O/c1-3-13(4-2)20-8-7-12(19-20)10-16(21)14-9-11(17)5-6-15(14)18/h5-9,13,16,21H,3-4,10H2,1-2H3. The van der Waals surface area contributed by atoms with Crippen LogP contribution in [0.1, 0.15) is 50.1 Å². The highest BCUT2D eigenvalue weighted by Crippen LogP contribution is 2.29. The van der Waals surface area contributed by atoms with Crippen LogP contribution in [0.3, 0.4) is 0 Å². The fraction of sp³-hybridized carbons (Fsp3) is 0.438. The van der Waals surface area contributed by atoms with Crippen molar-refractivity contribution in [2.24, 2.45) is 0 Å². The molecule has 1 aromatic carbocycles. The van der Waals surface area contributed by atoms with E-state index in [-0.39, 0.29) is 0 Å². The summed E-state index contributed by atoms with van der Waals surface area (Å²) in [5, 5.41) is 15.0. The number of nitrogens with zero attached hydrogens (tertiary/aromatic N) is 2. The van der Waals surface area contributed by atoms with Crippen molar-refractivity contribution in [2.75, 3.05) is 0 Å². The molecule has 0 spiro atoms. The summed E-state index contributed by atoms with van der Waals surface area (Å²) in [6.45, 7) is 4.34. The third-order valence-corrected chi connectivity index (χ3v) is 4.92. The average Bonchev–Trinajstić information content (AvgIpc) is 2.91. The first kappa shape index (κ1) is 16.7. The molecule has 0 bridgehead atoms. The van der Waals surface area contributed by atoms with Gasteiger partial charge in [-0.25, -0.2) is 0 Å². The minimum Gasteiger partial charge on any atom is -0.388 e. The van der Waals surface area contributed by atoms with Gasteiger partial charge in [0, 0.05) is 21.6 Å². The number of hydrogen-bond acceptors (Lipinski definition) is 2. The van der Waals surface area contributed by atoms with Crippen molar-refractivity contribution in [3.63, 3.8) is 0 Å². The SMILES string of the molecule is CCC(CC)n1ccc(CC(O)c2cc(Br)ccc2Br)n1. The predicted octanol–water partition coefficient (Wildman–Crippen LogP) is 5.05. The lowest BCUT2D eigenvalue weighted by Crippen LogP contribution is -2.09. The van der Waals surface area contributed by atoms with E-state index < -0.39 is 6.10 Å². The summed E-state index contributed by atoms with van der Waals surface area (Å²) in [7, 11) is 0. The molecule has 1 N–H and O–H groups in total. The van der Waals surface area contributed by atoms with Crippen molar-refractivity contribution in [2.45, 2.75) is 45.3 Å². The first-order chi connectivity index (χ1) is 10.0. The Bertz CT molecular complexity index is 594. The van der Waals surface area contributed by atoms with E-state index in [2.05, 4.69) is 50.8 Å². The van der Waals surface area contributed by atoms with Crippen LogP contribution in [-0.4, -0.2) is 14.9 Å². The van der Waals surface area contributed by atoms with Crippen molar-refractivity contribution in [3.8, 4) is 0 Å². The first-order valence-electron chi connectivity index (χ1n) is 7.22. The first-order valence-corrected chi connectivity index (χ1v) is 8.80. The van der Waals surface area contributed by atoms with E-state index in [9.17, 15) is 5.11 Å². The lowest BCUT2D eigenvalue weighted by molar-refractivity contribution is 0.176. The van der Waals surface area contributed by atoms with Crippen LogP contribution in [0.15, 0.2) is 39.4 Å². The highest BCUT2D eigenvalue weighted by atomic mass is 79.9. The summed E-state index contributed by atoms with van der Waals surface area (Å²) in [6, 6.07) is 8.25. The largest absolute Gasteiger partial charge is 0.388 e. The van der Waals surface area contributed by atoms with Crippen molar-refractivity contribution in [3.05, 3.63) is 50.7 Å². The van der Waals surface area contributed by atoms with E-state index in [0.29, 0.717) is 12.5 Å². The summed E-state index contributed by atoms with van der Waals surface area (Å²) < 4.78 is 3.89. The molecular weight excluding hydrogens is 396 g/mol. The van der Waals surface area contributed by atoms with Gasteiger partial charge in [-0.3, -0.25) is 4.68 Å². The molecular formula is C16H20Br2N2O. The fourth-order valence-electron chi connectivity index (χ4n) is 2.43. The Labute approximate surface area is 142 Å². The molecule has 0 aliphatic rings. The Morgan fingerprint density at radius 1 is 1.19 bits per heavy atom. The number of hydrogen-bond donors (Lipinski definition) is 1. The Balaban J connectivity index is 2.12. The number of benzene rings is 1. The van der Waals surface area contributed by atoms with Crippen LogP contribution in [-0.2, 0) is 6.42 Å². The average molecular weight is 416 g/mol. The van der Waals surface area contributed by atoms with Crippen LogP contribution >= 0.6 is 31.9 Å². The lowest BCUT2D eigenvalue weighted by atomic mass is 10.1. The van der Waals surface area contributed by atoms with Gasteiger partial charge in [-0.1, -0.05) is 45.7 Å². The zero-order valence-corrected chi connectivity index (χ0v) is 15.4. The minimum atomic E-state index is -0.568. The van der Waals surface area contributed by atoms with Crippen LogP contribution in [0.5, 0.6) is 0 Å². The molecule has 2 rings (SSSR count). The molecule has 0 saturated carbocycles. The number of aliphatic hydroxyl groups is 1. The van der Waals surface area contributed by atoms with Gasteiger partial charge in [0.2, 0.25) is 0 Å². The topological polar surface area (TPSA) is 38.0 Å². The molecule has 0 aliphatic heterocycles. The van der Waals surface area contributed by atoms with Gasteiger partial charge < -0.3 is 5.11 Å². The summed E-state index contributed by atoms with van der Waals surface area (Å²) in [4.78, 5) is 0. The Kier molecular flexibility index (Phi) is 6.02. The maximum Gasteiger partial charge on any atom is 0.0857 e. The van der Waals surface area contributed by atoms with Crippen LogP contribution in [0.4, 0.5) is 0 Å². The van der Waals surface area contributed by atoms with Crippen LogP contribution in [0, 0.1) is 0 Å². The summed E-state index contributed by atoms with van der Waals surface area (Å²) in [5.74, 6) is 0. The zero-order chi connectivity index (χ0) is 15.4. The molecule has 5 heteroatoms. The van der Waals surface area contributed by atoms with Gasteiger partial charge in [0.1, 0.15) is 0 Å². The number of rotatable bonds is 6. The van der Waals surface area contributed by atoms with Crippen LogP contribution < -0.4 is 0 Å². The maximum atomic E-state index is 10.4. The molecule has 0 radical (unpaired) electrons. The molecule has 1 aromatic heterocycles. The molecule has 0 amide bonds. The molecule has 0 saturated heterocycles. The maximum absolute atomic E-state index is 10.4. The third-order valence-electron chi connectivity index (χ3n) is 3.70. The number of aliphatic hydroxyl groups excluding tert-OH is 1. The normalized spacial score (nSPS) is 12.9. The van der Waals surface area contributed by atoms with E-state index in [1.807, 2.05) is 35.1 Å². The van der Waals surface area contributed by atoms with E-state index in [1.165, 1.54) is 0 Å². The number of aromatic nitrogens is 2. The molecule has 1 atom stereocenters. The lowest BCUT2D eigenvalue weighted by Gasteiger charge is -2.14. The second-order valence-electron chi connectivity index (χ2n) is 5.14. The summed E-state index contributed by atoms with van der Waals surface area (Å²) in [5.41, 5.74) is 1.79. The fourth-order valence-corrected chi connectivity index (χ4v) is 3.32. The van der Waals surface area contributed by atoms with Crippen LogP contribution in [0.2, 0.25) is 0 Å². The minimum absolute atomic E-state index is 0.438. The molecule has 0 aliphatic carbocycles. The Morgan fingerprint density at radius 2 is 1.90 bits per heavy atom. The van der Waals surface area contributed by atoms with Gasteiger partial charge in [-0.15, -0.1) is 0 Å². The number of halogens is 2. The monoisotopic (exact) mass is 414 g/mol. The smallest absolute Gasteiger partial charge is 0.0857 e. The molecule has 21 heavy (non-hydrogen) atoms. The summed E-state index contributed by atoms with van der Waals surface area (Å²) >= 11 is 6.93. The molecule has 1 unspecified atom stereocenters. The van der Waals surface area contributed by atoms with Gasteiger partial charge in [0.25, 0.3) is 0 Å². The van der Waals surface area contributed by atoms with Crippen molar-refractivity contribution in [1.29, 1.82) is 0 Å². The molecule has 0 fully saturated rings. The van der Waals surface area contributed by atoms with E-state index in [0.717, 1.165) is 33.0 Å². The van der Waals surface area contributed by atoms with Crippen molar-refractivity contribution < 1.29 is 5.11 Å². The Hall–Kier alpha value is -0.650. The van der Waals surface area contributed by atoms with E-state index in [4.69, 9.17) is 0 Å². The van der Waals surface area contributed by atoms with Gasteiger partial charge in [-0.05, 0) is 42.7 Å². The molecule has 3 nitrogen and oxygen atoms in total.